The summed E-state index contributed by atoms with van der Waals surface area (Å²) in [6.45, 7) is 0. The van der Waals surface area contributed by atoms with Crippen LogP contribution in [0, 0.1) is 0 Å². The van der Waals surface area contributed by atoms with Crippen LogP contribution < -0.4 is 4.72 Å². The van der Waals surface area contributed by atoms with Gasteiger partial charge in [0, 0.05) is 17.3 Å². The molecule has 29 heavy (non-hydrogen) atoms. The molecule has 0 saturated carbocycles. The first kappa shape index (κ1) is 21.3. The van der Waals surface area contributed by atoms with Gasteiger partial charge in [-0.3, -0.25) is 9.78 Å². The Kier molecular flexibility index (Phi) is 6.26. The summed E-state index contributed by atoms with van der Waals surface area (Å²) >= 11 is 11.7. The molecular weight excluding hydrogens is 446 g/mol. The standard InChI is InChI=1S/C19H12Cl2F3N3OS/c1-29(12-5-6-14(21)13(9-12)19(22,23)24)27-16-8-11(20)10-26-17(16)18(28)15-4-2-3-7-25-15/h2-10,27H,1H2. The van der Waals surface area contributed by atoms with Crippen molar-refractivity contribution in [1.82, 2.24) is 9.97 Å². The zero-order chi connectivity index (χ0) is 21.2. The highest BCUT2D eigenvalue weighted by molar-refractivity contribution is 8.15. The third kappa shape index (κ3) is 4.95. The van der Waals surface area contributed by atoms with Crippen molar-refractivity contribution in [2.24, 2.45) is 0 Å². The molecule has 0 aliphatic rings. The number of ketones is 1. The number of hydrogen-bond acceptors (Lipinski definition) is 4. The number of carbonyl (C=O) groups excluding carboxylic acids is 1. The van der Waals surface area contributed by atoms with Crippen LogP contribution in [0.4, 0.5) is 18.9 Å². The summed E-state index contributed by atoms with van der Waals surface area (Å²) in [5, 5.41) is -0.164. The van der Waals surface area contributed by atoms with E-state index in [1.807, 2.05) is 0 Å². The van der Waals surface area contributed by atoms with Gasteiger partial charge >= 0.3 is 6.18 Å². The lowest BCUT2D eigenvalue weighted by molar-refractivity contribution is -0.137. The fraction of sp³-hybridized carbons (Fsp3) is 0.0526. The van der Waals surface area contributed by atoms with E-state index in [2.05, 4.69) is 20.6 Å². The molecule has 0 bridgehead atoms. The van der Waals surface area contributed by atoms with E-state index in [0.717, 1.165) is 12.1 Å². The van der Waals surface area contributed by atoms with E-state index < -0.39 is 33.2 Å². The monoisotopic (exact) mass is 457 g/mol. The first-order valence-corrected chi connectivity index (χ1v) is 10.1. The molecule has 0 aliphatic heterocycles. The maximum atomic E-state index is 13.1. The van der Waals surface area contributed by atoms with E-state index in [0.29, 0.717) is 0 Å². The van der Waals surface area contributed by atoms with Gasteiger partial charge in [0.2, 0.25) is 5.78 Å². The largest absolute Gasteiger partial charge is 0.417 e. The Hall–Kier alpha value is -2.42. The lowest BCUT2D eigenvalue weighted by Crippen LogP contribution is -2.10. The molecule has 1 aromatic carbocycles. The Balaban J connectivity index is 1.96. The third-order valence-corrected chi connectivity index (χ3v) is 5.55. The summed E-state index contributed by atoms with van der Waals surface area (Å²) in [6.07, 6.45) is -1.84. The van der Waals surface area contributed by atoms with E-state index >= 15 is 0 Å². The topological polar surface area (TPSA) is 54.9 Å². The molecule has 2 aromatic heterocycles. The van der Waals surface area contributed by atoms with Crippen LogP contribution in [0.25, 0.3) is 0 Å². The van der Waals surface area contributed by atoms with Gasteiger partial charge in [-0.1, -0.05) is 45.8 Å². The highest BCUT2D eigenvalue weighted by atomic mass is 35.5. The number of nitrogens with zero attached hydrogens (tertiary/aromatic N) is 2. The van der Waals surface area contributed by atoms with Crippen LogP contribution in [-0.4, -0.2) is 21.6 Å². The van der Waals surface area contributed by atoms with E-state index in [1.54, 1.807) is 12.1 Å². The number of carbonyl (C=O) groups is 1. The number of nitrogens with one attached hydrogen (secondary N) is 1. The van der Waals surface area contributed by atoms with Crippen molar-refractivity contribution in [3.63, 3.8) is 0 Å². The van der Waals surface area contributed by atoms with Crippen molar-refractivity contribution < 1.29 is 18.0 Å². The second kappa shape index (κ2) is 8.52. The van der Waals surface area contributed by atoms with E-state index in [1.165, 1.54) is 30.6 Å². The maximum Gasteiger partial charge on any atom is 0.417 e. The normalized spacial score (nSPS) is 12.4. The smallest absolute Gasteiger partial charge is 0.330 e. The minimum Gasteiger partial charge on any atom is -0.330 e. The van der Waals surface area contributed by atoms with Gasteiger partial charge in [-0.05, 0) is 36.4 Å². The quantitative estimate of drug-likeness (QED) is 0.370. The Morgan fingerprint density at radius 3 is 2.52 bits per heavy atom. The van der Waals surface area contributed by atoms with Crippen LogP contribution >= 0.6 is 33.9 Å². The SMILES string of the molecule is C=S(Nc1cc(Cl)cnc1C(=O)c1ccccn1)c1ccc(Cl)c(C(F)(F)F)c1. The first-order chi connectivity index (χ1) is 13.7. The van der Waals surface area contributed by atoms with Crippen LogP contribution in [0.1, 0.15) is 21.7 Å². The number of anilines is 1. The van der Waals surface area contributed by atoms with Gasteiger partial charge < -0.3 is 4.72 Å². The molecule has 0 saturated heterocycles. The Morgan fingerprint density at radius 1 is 1.10 bits per heavy atom. The number of pyridine rings is 2. The van der Waals surface area contributed by atoms with Crippen molar-refractivity contribution in [3.05, 3.63) is 81.9 Å². The number of rotatable bonds is 5. The second-order valence-corrected chi connectivity index (χ2v) is 8.03. The van der Waals surface area contributed by atoms with Crippen LogP contribution in [-0.2, 0) is 6.18 Å². The number of hydrogen-bond donors (Lipinski definition) is 1. The number of benzene rings is 1. The Morgan fingerprint density at radius 2 is 1.86 bits per heavy atom. The van der Waals surface area contributed by atoms with Crippen LogP contribution in [0.15, 0.2) is 59.8 Å². The second-order valence-electron chi connectivity index (χ2n) is 5.73. The van der Waals surface area contributed by atoms with Crippen LogP contribution in [0.5, 0.6) is 0 Å². The van der Waals surface area contributed by atoms with Gasteiger partial charge in [-0.2, -0.15) is 13.2 Å². The van der Waals surface area contributed by atoms with Crippen molar-refractivity contribution in [2.45, 2.75) is 11.1 Å². The fourth-order valence-corrected chi connectivity index (χ4v) is 3.80. The van der Waals surface area contributed by atoms with Crippen molar-refractivity contribution in [3.8, 4) is 0 Å². The highest BCUT2D eigenvalue weighted by Crippen LogP contribution is 2.38. The molecule has 10 heteroatoms. The van der Waals surface area contributed by atoms with Gasteiger partial charge in [-0.25, -0.2) is 4.98 Å². The molecule has 3 rings (SSSR count). The Labute approximate surface area is 176 Å². The first-order valence-electron chi connectivity index (χ1n) is 7.95. The average Bonchev–Trinajstić information content (AvgIpc) is 2.67. The lowest BCUT2D eigenvalue weighted by Gasteiger charge is -2.16. The summed E-state index contributed by atoms with van der Waals surface area (Å²) in [4.78, 5) is 21.0. The molecule has 4 nitrogen and oxygen atoms in total. The predicted octanol–water partition coefficient (Wildman–Crippen LogP) is 6.12. The summed E-state index contributed by atoms with van der Waals surface area (Å²) in [7, 11) is -1.16. The number of aromatic nitrogens is 2. The molecule has 0 spiro atoms. The molecule has 0 aliphatic carbocycles. The van der Waals surface area contributed by atoms with E-state index in [-0.39, 0.29) is 27.0 Å². The molecule has 0 amide bonds. The molecule has 0 fully saturated rings. The number of alkyl halides is 3. The minimum absolute atomic E-state index is 0.0271. The highest BCUT2D eigenvalue weighted by Gasteiger charge is 2.33. The molecule has 0 radical (unpaired) electrons. The van der Waals surface area contributed by atoms with Crippen molar-refractivity contribution >= 4 is 51.2 Å². The summed E-state index contributed by atoms with van der Waals surface area (Å²) < 4.78 is 42.3. The van der Waals surface area contributed by atoms with Gasteiger partial charge in [0.1, 0.15) is 11.4 Å². The molecule has 3 aromatic rings. The lowest BCUT2D eigenvalue weighted by atomic mass is 10.1. The molecule has 2 heterocycles. The summed E-state index contributed by atoms with van der Waals surface area (Å²) in [5.41, 5.74) is -0.539. The molecule has 150 valence electrons. The van der Waals surface area contributed by atoms with E-state index in [4.69, 9.17) is 23.2 Å². The van der Waals surface area contributed by atoms with Gasteiger partial charge in [0.15, 0.2) is 0 Å². The van der Waals surface area contributed by atoms with Gasteiger partial charge in [0.25, 0.3) is 0 Å². The molecule has 1 atom stereocenters. The summed E-state index contributed by atoms with van der Waals surface area (Å²) in [6, 6.07) is 9.81. The number of halogens is 5. The van der Waals surface area contributed by atoms with Crippen molar-refractivity contribution in [1.29, 1.82) is 0 Å². The van der Waals surface area contributed by atoms with Gasteiger partial charge in [0.05, 0.1) is 21.3 Å². The van der Waals surface area contributed by atoms with Crippen molar-refractivity contribution in [2.75, 3.05) is 4.72 Å². The van der Waals surface area contributed by atoms with Crippen LogP contribution in [0.2, 0.25) is 10.0 Å². The fourth-order valence-electron chi connectivity index (χ4n) is 2.38. The zero-order valence-corrected chi connectivity index (χ0v) is 16.8. The summed E-state index contributed by atoms with van der Waals surface area (Å²) in [5.74, 6) is 3.40. The molecule has 1 N–H and O–H groups in total. The maximum absolute atomic E-state index is 13.1. The minimum atomic E-state index is -4.60. The average molecular weight is 458 g/mol. The third-order valence-electron chi connectivity index (χ3n) is 3.73. The molecule has 1 unspecified atom stereocenters. The molecular formula is C19H12Cl2F3N3OS. The predicted molar refractivity (Wildman–Crippen MR) is 110 cm³/mol. The van der Waals surface area contributed by atoms with Crippen LogP contribution in [0.3, 0.4) is 0 Å². The van der Waals surface area contributed by atoms with Gasteiger partial charge in [-0.15, -0.1) is 0 Å². The van der Waals surface area contributed by atoms with E-state index in [9.17, 15) is 18.0 Å². The zero-order valence-electron chi connectivity index (χ0n) is 14.5. The Bertz CT molecular complexity index is 1090.